The lowest BCUT2D eigenvalue weighted by Crippen LogP contribution is -2.05. The van der Waals surface area contributed by atoms with E-state index >= 15 is 0 Å². The lowest BCUT2D eigenvalue weighted by Gasteiger charge is -2.09. The van der Waals surface area contributed by atoms with Crippen molar-refractivity contribution in [2.75, 3.05) is 0 Å². The molecule has 0 spiro atoms. The fourth-order valence-electron chi connectivity index (χ4n) is 2.18. The lowest BCUT2D eigenvalue weighted by atomic mass is 10.2. The number of hydrogen-bond donors (Lipinski definition) is 1. The van der Waals surface area contributed by atoms with E-state index in [2.05, 4.69) is 4.98 Å². The van der Waals surface area contributed by atoms with Gasteiger partial charge in [-0.15, -0.1) is 0 Å². The van der Waals surface area contributed by atoms with Crippen LogP contribution in [0.25, 0.3) is 10.9 Å². The van der Waals surface area contributed by atoms with E-state index in [1.165, 1.54) is 18.2 Å². The molecule has 0 radical (unpaired) electrons. The number of hydrogen-bond acceptors (Lipinski definition) is 1. The molecule has 0 aliphatic carbocycles. The lowest BCUT2D eigenvalue weighted by molar-refractivity contribution is -0.137. The van der Waals surface area contributed by atoms with Gasteiger partial charge in [0.2, 0.25) is 0 Å². The van der Waals surface area contributed by atoms with Crippen molar-refractivity contribution in [3.05, 3.63) is 65.6 Å². The SMILES string of the molecule is Fc1cccc2cc(COc3cccc(C(F)(F)F)c3)[nH]c12. The molecule has 3 aromatic rings. The van der Waals surface area contributed by atoms with Crippen LogP contribution in [-0.2, 0) is 12.8 Å². The number of halogens is 4. The Bertz CT molecular complexity index is 807. The summed E-state index contributed by atoms with van der Waals surface area (Å²) in [6.45, 7) is 0.0232. The summed E-state index contributed by atoms with van der Waals surface area (Å²) in [6, 6.07) is 11.0. The predicted octanol–water partition coefficient (Wildman–Crippen LogP) is 4.90. The van der Waals surface area contributed by atoms with Crippen molar-refractivity contribution in [2.24, 2.45) is 0 Å². The van der Waals surface area contributed by atoms with E-state index < -0.39 is 11.7 Å². The van der Waals surface area contributed by atoms with Crippen LogP contribution in [0, 0.1) is 5.82 Å². The minimum atomic E-state index is -4.41. The van der Waals surface area contributed by atoms with E-state index in [0.29, 0.717) is 16.6 Å². The second-order valence-electron chi connectivity index (χ2n) is 4.81. The molecular formula is C16H11F4NO. The van der Waals surface area contributed by atoms with Gasteiger partial charge in [0, 0.05) is 5.39 Å². The van der Waals surface area contributed by atoms with Gasteiger partial charge in [0.05, 0.1) is 16.8 Å². The van der Waals surface area contributed by atoms with Crippen LogP contribution in [0.5, 0.6) is 5.75 Å². The Morgan fingerprint density at radius 3 is 2.50 bits per heavy atom. The number of H-pyrrole nitrogens is 1. The van der Waals surface area contributed by atoms with Gasteiger partial charge in [0.25, 0.3) is 0 Å². The van der Waals surface area contributed by atoms with Gasteiger partial charge in [-0.05, 0) is 30.3 Å². The second-order valence-corrected chi connectivity index (χ2v) is 4.81. The van der Waals surface area contributed by atoms with Crippen molar-refractivity contribution >= 4 is 10.9 Å². The highest BCUT2D eigenvalue weighted by Crippen LogP contribution is 2.31. The fourth-order valence-corrected chi connectivity index (χ4v) is 2.18. The molecule has 0 atom stereocenters. The van der Waals surface area contributed by atoms with Crippen LogP contribution in [0.1, 0.15) is 11.3 Å². The Balaban J connectivity index is 1.78. The molecule has 0 amide bonds. The molecule has 2 nitrogen and oxygen atoms in total. The van der Waals surface area contributed by atoms with Crippen LogP contribution in [-0.4, -0.2) is 4.98 Å². The molecule has 22 heavy (non-hydrogen) atoms. The third-order valence-electron chi connectivity index (χ3n) is 3.22. The quantitative estimate of drug-likeness (QED) is 0.684. The maximum Gasteiger partial charge on any atom is 0.416 e. The maximum absolute atomic E-state index is 13.5. The molecule has 1 heterocycles. The van der Waals surface area contributed by atoms with Crippen molar-refractivity contribution < 1.29 is 22.3 Å². The number of ether oxygens (including phenoxy) is 1. The number of para-hydroxylation sites is 1. The normalized spacial score (nSPS) is 11.8. The van der Waals surface area contributed by atoms with Gasteiger partial charge >= 0.3 is 6.18 Å². The van der Waals surface area contributed by atoms with Crippen LogP contribution in [0.15, 0.2) is 48.5 Å². The first kappa shape index (κ1) is 14.4. The number of rotatable bonds is 3. The highest BCUT2D eigenvalue weighted by atomic mass is 19.4. The first-order chi connectivity index (χ1) is 10.4. The van der Waals surface area contributed by atoms with E-state index in [0.717, 1.165) is 12.1 Å². The average molecular weight is 309 g/mol. The number of nitrogens with one attached hydrogen (secondary N) is 1. The molecule has 6 heteroatoms. The first-order valence-electron chi connectivity index (χ1n) is 6.50. The number of fused-ring (bicyclic) bond motifs is 1. The topological polar surface area (TPSA) is 25.0 Å². The van der Waals surface area contributed by atoms with Crippen molar-refractivity contribution in [1.82, 2.24) is 4.98 Å². The van der Waals surface area contributed by atoms with Gasteiger partial charge in [-0.1, -0.05) is 18.2 Å². The summed E-state index contributed by atoms with van der Waals surface area (Å²) in [7, 11) is 0. The highest BCUT2D eigenvalue weighted by Gasteiger charge is 2.30. The summed E-state index contributed by atoms with van der Waals surface area (Å²) in [5.74, 6) is -0.281. The van der Waals surface area contributed by atoms with Crippen molar-refractivity contribution in [2.45, 2.75) is 12.8 Å². The smallest absolute Gasteiger partial charge is 0.416 e. The summed E-state index contributed by atoms with van der Waals surface area (Å²) in [5, 5.41) is 0.683. The molecule has 1 aromatic heterocycles. The standard InChI is InChI=1S/C16H11F4NO/c17-14-6-1-3-10-7-12(21-15(10)14)9-22-13-5-2-4-11(8-13)16(18,19)20/h1-8,21H,9H2. The van der Waals surface area contributed by atoms with Gasteiger partial charge in [-0.25, -0.2) is 4.39 Å². The molecule has 3 rings (SSSR count). The monoisotopic (exact) mass is 309 g/mol. The molecule has 0 fully saturated rings. The van der Waals surface area contributed by atoms with Crippen molar-refractivity contribution in [3.63, 3.8) is 0 Å². The number of alkyl halides is 3. The third kappa shape index (κ3) is 2.90. The van der Waals surface area contributed by atoms with Crippen molar-refractivity contribution in [1.29, 1.82) is 0 Å². The summed E-state index contributed by atoms with van der Waals surface area (Å²) in [4.78, 5) is 2.86. The van der Waals surface area contributed by atoms with Crippen LogP contribution in [0.2, 0.25) is 0 Å². The molecule has 2 aromatic carbocycles. The van der Waals surface area contributed by atoms with Gasteiger partial charge in [0.1, 0.15) is 18.2 Å². The summed E-state index contributed by atoms with van der Waals surface area (Å²) in [6.07, 6.45) is -4.41. The molecule has 0 aliphatic heterocycles. The Labute approximate surface area is 123 Å². The van der Waals surface area contributed by atoms with Crippen molar-refractivity contribution in [3.8, 4) is 5.75 Å². The molecule has 0 saturated heterocycles. The summed E-state index contributed by atoms with van der Waals surface area (Å²) >= 11 is 0. The van der Waals surface area contributed by atoms with Gasteiger partial charge in [0.15, 0.2) is 0 Å². The second kappa shape index (κ2) is 5.36. The number of aromatic nitrogens is 1. The Morgan fingerprint density at radius 1 is 1.00 bits per heavy atom. The van der Waals surface area contributed by atoms with Crippen LogP contribution in [0.4, 0.5) is 17.6 Å². The summed E-state index contributed by atoms with van der Waals surface area (Å²) in [5.41, 5.74) is 0.162. The van der Waals surface area contributed by atoms with E-state index in [4.69, 9.17) is 4.74 Å². The van der Waals surface area contributed by atoms with E-state index in [1.54, 1.807) is 18.2 Å². The van der Waals surface area contributed by atoms with Gasteiger partial charge < -0.3 is 9.72 Å². The Kier molecular flexibility index (Phi) is 3.52. The minimum absolute atomic E-state index is 0.0232. The largest absolute Gasteiger partial charge is 0.487 e. The first-order valence-corrected chi connectivity index (χ1v) is 6.50. The molecule has 0 bridgehead atoms. The predicted molar refractivity (Wildman–Crippen MR) is 74.0 cm³/mol. The van der Waals surface area contributed by atoms with Crippen LogP contribution < -0.4 is 4.74 Å². The molecular weight excluding hydrogens is 298 g/mol. The molecule has 0 unspecified atom stereocenters. The number of benzene rings is 2. The van der Waals surface area contributed by atoms with Crippen LogP contribution >= 0.6 is 0 Å². The van der Waals surface area contributed by atoms with E-state index in [-0.39, 0.29) is 18.2 Å². The molecule has 1 N–H and O–H groups in total. The third-order valence-corrected chi connectivity index (χ3v) is 3.22. The zero-order chi connectivity index (χ0) is 15.7. The number of aromatic amines is 1. The van der Waals surface area contributed by atoms with Gasteiger partial charge in [-0.2, -0.15) is 13.2 Å². The Morgan fingerprint density at radius 2 is 1.77 bits per heavy atom. The average Bonchev–Trinajstić information content (AvgIpc) is 2.89. The Hall–Kier alpha value is -2.50. The molecule has 0 aliphatic rings. The van der Waals surface area contributed by atoms with E-state index in [1.807, 2.05) is 0 Å². The zero-order valence-corrected chi connectivity index (χ0v) is 11.2. The summed E-state index contributed by atoms with van der Waals surface area (Å²) < 4.78 is 56.7. The zero-order valence-electron chi connectivity index (χ0n) is 11.2. The maximum atomic E-state index is 13.5. The molecule has 114 valence electrons. The highest BCUT2D eigenvalue weighted by molar-refractivity contribution is 5.80. The minimum Gasteiger partial charge on any atom is -0.487 e. The van der Waals surface area contributed by atoms with E-state index in [9.17, 15) is 17.6 Å². The van der Waals surface area contributed by atoms with Crippen LogP contribution in [0.3, 0.4) is 0 Å². The molecule has 0 saturated carbocycles. The van der Waals surface area contributed by atoms with Gasteiger partial charge in [-0.3, -0.25) is 0 Å². The fraction of sp³-hybridized carbons (Fsp3) is 0.125.